The predicted octanol–water partition coefficient (Wildman–Crippen LogP) is 6.18. The van der Waals surface area contributed by atoms with Crippen molar-refractivity contribution in [3.8, 4) is 17.2 Å². The third-order valence-corrected chi connectivity index (χ3v) is 9.41. The zero-order chi connectivity index (χ0) is 39.0. The summed E-state index contributed by atoms with van der Waals surface area (Å²) in [5.41, 5.74) is 0. The van der Waals surface area contributed by atoms with E-state index in [1.807, 2.05) is 0 Å². The van der Waals surface area contributed by atoms with Crippen LogP contribution in [0.15, 0.2) is 18.2 Å². The SMILES string of the molecule is O=S(=O)(Oc1ccc(OS(=O)(=O)C(F)(C(F)(F)F)C(F)(F)F)c(OS(=O)(=O)C(F)(C(F)(F)F)C(F)(F)F)c1)C(F)(C(F)(F)F)C(F)(F)F. The van der Waals surface area contributed by atoms with Gasteiger partial charge >= 0.3 is 82.4 Å². The maximum absolute atomic E-state index is 14.1. The van der Waals surface area contributed by atoms with Crippen LogP contribution in [0.5, 0.6) is 17.2 Å². The Morgan fingerprint density at radius 3 is 0.833 bits per heavy atom. The predicted molar refractivity (Wildman–Crippen MR) is 103 cm³/mol. The molecule has 1 rings (SSSR count). The molecule has 0 aromatic heterocycles. The molecule has 0 aliphatic heterocycles. The number of alkyl halides is 21. The minimum atomic E-state index is -8.46. The van der Waals surface area contributed by atoms with Gasteiger partial charge in [-0.25, -0.2) is 13.2 Å². The van der Waals surface area contributed by atoms with Gasteiger partial charge in [0.25, 0.3) is 0 Å². The normalized spacial score (nSPS) is 15.7. The Morgan fingerprint density at radius 2 is 0.583 bits per heavy atom. The Bertz CT molecular complexity index is 1650. The highest BCUT2D eigenvalue weighted by atomic mass is 32.2. The molecule has 0 fully saturated rings. The van der Waals surface area contributed by atoms with Crippen LogP contribution in [0, 0.1) is 0 Å². The van der Waals surface area contributed by atoms with Crippen LogP contribution < -0.4 is 12.5 Å². The maximum atomic E-state index is 14.1. The lowest BCUT2D eigenvalue weighted by Crippen LogP contribution is -2.60. The van der Waals surface area contributed by atoms with E-state index in [0.29, 0.717) is 0 Å². The Hall–Kier alpha value is -3.00. The van der Waals surface area contributed by atoms with Crippen LogP contribution in [0.4, 0.5) is 92.2 Å². The molecule has 0 aliphatic rings. The number of hydrogen-bond donors (Lipinski definition) is 0. The molecule has 282 valence electrons. The summed E-state index contributed by atoms with van der Waals surface area (Å²) in [5.74, 6) is -9.15. The highest BCUT2D eigenvalue weighted by molar-refractivity contribution is 7.89. The van der Waals surface area contributed by atoms with E-state index in [9.17, 15) is 117 Å². The van der Waals surface area contributed by atoms with Crippen LogP contribution in [0.1, 0.15) is 0 Å². The van der Waals surface area contributed by atoms with Gasteiger partial charge in [0.15, 0.2) is 11.5 Å². The van der Waals surface area contributed by atoms with Gasteiger partial charge in [-0.3, -0.25) is 0 Å². The molecule has 0 bridgehead atoms. The van der Waals surface area contributed by atoms with Crippen molar-refractivity contribution in [3.63, 3.8) is 0 Å². The lowest BCUT2D eigenvalue weighted by atomic mass is 10.3. The molecule has 0 saturated heterocycles. The lowest BCUT2D eigenvalue weighted by Gasteiger charge is -2.30. The summed E-state index contributed by atoms with van der Waals surface area (Å²) in [6, 6.07) is -3.39. The highest BCUT2D eigenvalue weighted by Crippen LogP contribution is 2.54. The van der Waals surface area contributed by atoms with Crippen molar-refractivity contribution in [2.45, 2.75) is 52.1 Å². The van der Waals surface area contributed by atoms with Crippen molar-refractivity contribution < 1.29 is 130 Å². The largest absolute Gasteiger partial charge is 0.450 e. The first-order valence-corrected chi connectivity index (χ1v) is 14.2. The van der Waals surface area contributed by atoms with Gasteiger partial charge in [0, 0.05) is 6.07 Å². The Kier molecular flexibility index (Phi) is 10.3. The molecule has 0 spiro atoms. The Balaban J connectivity index is 4.22. The van der Waals surface area contributed by atoms with Gasteiger partial charge in [0.05, 0.1) is 0 Å². The minimum absolute atomic E-state index is 0.883. The zero-order valence-electron chi connectivity index (χ0n) is 20.6. The lowest BCUT2D eigenvalue weighted by molar-refractivity contribution is -0.308. The fourth-order valence-corrected chi connectivity index (χ4v) is 5.69. The third-order valence-electron chi connectivity index (χ3n) is 4.74. The van der Waals surface area contributed by atoms with E-state index in [-0.39, 0.29) is 0 Å². The van der Waals surface area contributed by atoms with Gasteiger partial charge in [0.1, 0.15) is 5.75 Å². The first kappa shape index (κ1) is 43.0. The van der Waals surface area contributed by atoms with Gasteiger partial charge in [-0.1, -0.05) is 0 Å². The quantitative estimate of drug-likeness (QED) is 0.212. The van der Waals surface area contributed by atoms with Crippen molar-refractivity contribution in [1.29, 1.82) is 0 Å². The summed E-state index contributed by atoms with van der Waals surface area (Å²) in [6.45, 7) is 0. The molecule has 0 saturated carbocycles. The molecule has 0 aliphatic carbocycles. The summed E-state index contributed by atoms with van der Waals surface area (Å²) in [7, 11) is -24.9. The summed E-state index contributed by atoms with van der Waals surface area (Å²) < 4.78 is 352. The van der Waals surface area contributed by atoms with E-state index in [1.165, 1.54) is 0 Å². The van der Waals surface area contributed by atoms with Crippen molar-refractivity contribution in [2.24, 2.45) is 0 Å². The van der Waals surface area contributed by atoms with Crippen molar-refractivity contribution in [3.05, 3.63) is 18.2 Å². The van der Waals surface area contributed by atoms with Crippen LogP contribution in [-0.4, -0.2) is 77.3 Å². The molecule has 33 heteroatoms. The molecule has 48 heavy (non-hydrogen) atoms. The van der Waals surface area contributed by atoms with Gasteiger partial charge in [-0.15, -0.1) is 0 Å². The van der Waals surface area contributed by atoms with E-state index < -0.39 is 118 Å². The second kappa shape index (κ2) is 11.5. The van der Waals surface area contributed by atoms with E-state index in [2.05, 4.69) is 12.5 Å². The molecule has 1 aromatic rings. The van der Waals surface area contributed by atoms with Crippen LogP contribution in [0.2, 0.25) is 0 Å². The van der Waals surface area contributed by atoms with E-state index in [1.54, 1.807) is 0 Å². The molecule has 0 atom stereocenters. The van der Waals surface area contributed by atoms with E-state index in [4.69, 9.17) is 0 Å². The maximum Gasteiger partial charge on any atom is 0.450 e. The Labute approximate surface area is 248 Å². The van der Waals surface area contributed by atoms with Gasteiger partial charge < -0.3 is 12.5 Å². The minimum Gasteiger partial charge on any atom is -0.380 e. The highest BCUT2D eigenvalue weighted by Gasteiger charge is 2.84. The van der Waals surface area contributed by atoms with Gasteiger partial charge in [0.2, 0.25) is 0 Å². The fraction of sp³-hybridized carbons (Fsp3) is 0.600. The average Bonchev–Trinajstić information content (AvgIpc) is 2.78. The first-order chi connectivity index (χ1) is 20.5. The van der Waals surface area contributed by atoms with Crippen molar-refractivity contribution in [2.75, 3.05) is 0 Å². The summed E-state index contributed by atoms with van der Waals surface area (Å²) in [5, 5.41) is -23.1. The van der Waals surface area contributed by atoms with Crippen LogP contribution in [0.3, 0.4) is 0 Å². The fourth-order valence-electron chi connectivity index (χ4n) is 2.54. The number of rotatable bonds is 9. The molecule has 9 nitrogen and oxygen atoms in total. The Morgan fingerprint density at radius 1 is 0.354 bits per heavy atom. The molecule has 0 heterocycles. The summed E-state index contributed by atoms with van der Waals surface area (Å²) in [4.78, 5) is 0. The molecular weight excluding hydrogens is 819 g/mol. The number of hydrogen-bond acceptors (Lipinski definition) is 9. The number of halogens is 21. The topological polar surface area (TPSA) is 130 Å². The van der Waals surface area contributed by atoms with Crippen LogP contribution in [0.25, 0.3) is 0 Å². The van der Waals surface area contributed by atoms with Crippen molar-refractivity contribution >= 4 is 30.4 Å². The summed E-state index contributed by atoms with van der Waals surface area (Å²) >= 11 is 0. The standard InChI is InChI=1S/C15H3F21O9S3/c16-7(10(19,20)21,11(22,23)24)46(37,38)43-4-1-2-5(44-47(39,40)8(17,12(25,26)27)13(28,29)30)6(3-4)45-48(41,42)9(18,14(31,32)33)15(34,35)36/h1-3H. The van der Waals surface area contributed by atoms with Crippen LogP contribution in [-0.2, 0) is 30.4 Å². The molecule has 1 aromatic carbocycles. The third kappa shape index (κ3) is 6.75. The van der Waals surface area contributed by atoms with E-state index in [0.717, 1.165) is 0 Å². The van der Waals surface area contributed by atoms with Gasteiger partial charge in [-0.05, 0) is 12.1 Å². The van der Waals surface area contributed by atoms with Crippen molar-refractivity contribution in [1.82, 2.24) is 0 Å². The molecule has 0 amide bonds. The summed E-state index contributed by atoms with van der Waals surface area (Å²) in [6.07, 6.45) is -46.3. The monoisotopic (exact) mass is 822 g/mol. The second-order valence-corrected chi connectivity index (χ2v) is 12.9. The molecule has 0 unspecified atom stereocenters. The molecule has 0 N–H and O–H groups in total. The zero-order valence-corrected chi connectivity index (χ0v) is 23.0. The second-order valence-electron chi connectivity index (χ2n) is 7.99. The van der Waals surface area contributed by atoms with Crippen LogP contribution >= 0.6 is 0 Å². The van der Waals surface area contributed by atoms with E-state index >= 15 is 0 Å². The average molecular weight is 822 g/mol. The smallest absolute Gasteiger partial charge is 0.380 e. The molecular formula is C15H3F21O9S3. The molecule has 0 radical (unpaired) electrons. The number of benzene rings is 1. The van der Waals surface area contributed by atoms with Gasteiger partial charge in [-0.2, -0.15) is 104 Å². The first-order valence-electron chi connectivity index (χ1n) is 9.93.